The van der Waals surface area contributed by atoms with E-state index in [1.807, 2.05) is 30.3 Å². The Bertz CT molecular complexity index is 1570. The van der Waals surface area contributed by atoms with Gasteiger partial charge in [0.15, 0.2) is 12.0 Å². The average Bonchev–Trinajstić information content (AvgIpc) is 3.47. The summed E-state index contributed by atoms with van der Waals surface area (Å²) in [5.74, 6) is -0.604. The highest BCUT2D eigenvalue weighted by Gasteiger charge is 2.23. The molecule has 0 unspecified atom stereocenters. The Balaban J connectivity index is 1.84. The van der Waals surface area contributed by atoms with Gasteiger partial charge in [-0.15, -0.1) is 5.10 Å². The minimum Gasteiger partial charge on any atom is -0.464 e. The number of nitrogen functional groups attached to an aromatic ring is 1. The molecule has 0 bridgehead atoms. The largest absolute Gasteiger partial charge is 0.464 e. The second-order valence-electron chi connectivity index (χ2n) is 7.51. The monoisotopic (exact) mass is 457 g/mol. The van der Waals surface area contributed by atoms with Crippen molar-refractivity contribution in [1.82, 2.24) is 29.1 Å². The van der Waals surface area contributed by atoms with E-state index in [1.54, 1.807) is 19.1 Å². The number of rotatable bonds is 5. The SMILES string of the molecule is COC(=O)c1cc(-c2c(-c3ccccc3)nc(N)n3c(=O)n(Cc4cocn4)nc23)cc(C)n1. The first-order valence-corrected chi connectivity index (χ1v) is 10.2. The minimum atomic E-state index is -0.584. The lowest BCUT2D eigenvalue weighted by molar-refractivity contribution is 0.0594. The summed E-state index contributed by atoms with van der Waals surface area (Å²) in [4.78, 5) is 38.3. The smallest absolute Gasteiger partial charge is 0.356 e. The Kier molecular flexibility index (Phi) is 5.13. The van der Waals surface area contributed by atoms with Crippen molar-refractivity contribution in [2.75, 3.05) is 12.8 Å². The van der Waals surface area contributed by atoms with Crippen LogP contribution in [0.15, 0.2) is 64.3 Å². The second kappa shape index (κ2) is 8.28. The van der Waals surface area contributed by atoms with Gasteiger partial charge in [-0.25, -0.2) is 33.6 Å². The first-order chi connectivity index (χ1) is 16.5. The lowest BCUT2D eigenvalue weighted by Gasteiger charge is -2.13. The molecule has 170 valence electrons. The van der Waals surface area contributed by atoms with E-state index >= 15 is 0 Å². The zero-order valence-corrected chi connectivity index (χ0v) is 18.3. The van der Waals surface area contributed by atoms with Crippen molar-refractivity contribution in [3.63, 3.8) is 0 Å². The number of aryl methyl sites for hydroxylation is 1. The van der Waals surface area contributed by atoms with Crippen molar-refractivity contribution < 1.29 is 13.9 Å². The Hall–Kier alpha value is -4.80. The van der Waals surface area contributed by atoms with Crippen LogP contribution in [0.4, 0.5) is 5.95 Å². The first-order valence-electron chi connectivity index (χ1n) is 10.2. The third kappa shape index (κ3) is 3.58. The number of hydrogen-bond donors (Lipinski definition) is 1. The molecular weight excluding hydrogens is 438 g/mol. The number of pyridine rings is 1. The standard InChI is InChI=1S/C23H19N7O4/c1-13-8-15(9-17(26-13)21(31)33-2)18-19(14-6-4-3-5-7-14)27-22(24)30-20(18)28-29(23(30)32)10-16-11-34-12-25-16/h3-9,11-12H,10H2,1-2H3,(H2,24,27). The quantitative estimate of drug-likeness (QED) is 0.393. The summed E-state index contributed by atoms with van der Waals surface area (Å²) < 4.78 is 12.3. The molecule has 0 saturated carbocycles. The zero-order valence-electron chi connectivity index (χ0n) is 18.3. The van der Waals surface area contributed by atoms with Crippen LogP contribution >= 0.6 is 0 Å². The van der Waals surface area contributed by atoms with Crippen molar-refractivity contribution in [2.24, 2.45) is 0 Å². The fourth-order valence-electron chi connectivity index (χ4n) is 3.77. The molecule has 0 fully saturated rings. The zero-order chi connectivity index (χ0) is 23.8. The molecule has 0 aliphatic rings. The van der Waals surface area contributed by atoms with Crippen LogP contribution in [0.25, 0.3) is 28.0 Å². The van der Waals surface area contributed by atoms with Crippen LogP contribution < -0.4 is 11.4 Å². The highest BCUT2D eigenvalue weighted by Crippen LogP contribution is 2.35. The summed E-state index contributed by atoms with van der Waals surface area (Å²) >= 11 is 0. The van der Waals surface area contributed by atoms with E-state index in [2.05, 4.69) is 20.1 Å². The van der Waals surface area contributed by atoms with Crippen LogP contribution in [-0.2, 0) is 11.3 Å². The predicted molar refractivity (Wildman–Crippen MR) is 122 cm³/mol. The summed E-state index contributed by atoms with van der Waals surface area (Å²) in [6.45, 7) is 1.84. The van der Waals surface area contributed by atoms with Crippen LogP contribution in [0, 0.1) is 6.92 Å². The molecule has 34 heavy (non-hydrogen) atoms. The summed E-state index contributed by atoms with van der Waals surface area (Å²) in [6, 6.07) is 12.7. The molecule has 0 amide bonds. The summed E-state index contributed by atoms with van der Waals surface area (Å²) in [5.41, 5.74) is 9.63. The summed E-state index contributed by atoms with van der Waals surface area (Å²) in [7, 11) is 1.29. The molecular formula is C23H19N7O4. The van der Waals surface area contributed by atoms with Crippen molar-refractivity contribution in [2.45, 2.75) is 13.5 Å². The van der Waals surface area contributed by atoms with E-state index in [1.165, 1.54) is 28.8 Å². The van der Waals surface area contributed by atoms with E-state index in [9.17, 15) is 9.59 Å². The number of anilines is 1. The van der Waals surface area contributed by atoms with Gasteiger partial charge in [-0.1, -0.05) is 30.3 Å². The van der Waals surface area contributed by atoms with E-state index in [0.29, 0.717) is 28.2 Å². The molecule has 2 N–H and O–H groups in total. The molecule has 11 heteroatoms. The minimum absolute atomic E-state index is 0.0204. The second-order valence-corrected chi connectivity index (χ2v) is 7.51. The number of hydrogen-bond acceptors (Lipinski definition) is 9. The number of carbonyl (C=O) groups excluding carboxylic acids is 1. The van der Waals surface area contributed by atoms with Crippen molar-refractivity contribution >= 4 is 17.6 Å². The van der Waals surface area contributed by atoms with Gasteiger partial charge in [-0.05, 0) is 24.6 Å². The maximum atomic E-state index is 13.2. The number of oxazole rings is 1. The number of benzene rings is 1. The summed E-state index contributed by atoms with van der Waals surface area (Å²) in [6.07, 6.45) is 2.71. The van der Waals surface area contributed by atoms with Gasteiger partial charge < -0.3 is 14.9 Å². The van der Waals surface area contributed by atoms with Gasteiger partial charge in [-0.3, -0.25) is 0 Å². The van der Waals surface area contributed by atoms with E-state index in [-0.39, 0.29) is 23.8 Å². The topological polar surface area (TPSA) is 143 Å². The van der Waals surface area contributed by atoms with Crippen LogP contribution in [0.3, 0.4) is 0 Å². The molecule has 0 aliphatic heterocycles. The number of carbonyl (C=O) groups is 1. The van der Waals surface area contributed by atoms with Crippen molar-refractivity contribution in [3.05, 3.63) is 82.7 Å². The molecule has 0 atom stereocenters. The van der Waals surface area contributed by atoms with Gasteiger partial charge in [-0.2, -0.15) is 0 Å². The lowest BCUT2D eigenvalue weighted by atomic mass is 9.99. The fraction of sp³-hybridized carbons (Fsp3) is 0.130. The molecule has 1 aromatic carbocycles. The number of fused-ring (bicyclic) bond motifs is 1. The molecule has 4 heterocycles. The predicted octanol–water partition coefficient (Wildman–Crippen LogP) is 2.33. The average molecular weight is 457 g/mol. The Morgan fingerprint density at radius 2 is 1.94 bits per heavy atom. The molecule has 11 nitrogen and oxygen atoms in total. The third-order valence-electron chi connectivity index (χ3n) is 5.23. The van der Waals surface area contributed by atoms with Gasteiger partial charge in [0, 0.05) is 11.3 Å². The van der Waals surface area contributed by atoms with Crippen LogP contribution in [-0.4, -0.2) is 42.2 Å². The van der Waals surface area contributed by atoms with Crippen LogP contribution in [0.5, 0.6) is 0 Å². The Morgan fingerprint density at radius 3 is 2.65 bits per heavy atom. The Morgan fingerprint density at radius 1 is 1.15 bits per heavy atom. The Labute approximate surface area is 192 Å². The highest BCUT2D eigenvalue weighted by molar-refractivity contribution is 5.94. The van der Waals surface area contributed by atoms with Crippen molar-refractivity contribution in [3.8, 4) is 22.4 Å². The number of nitrogens with zero attached hydrogens (tertiary/aromatic N) is 6. The molecule has 5 aromatic rings. The normalized spacial score (nSPS) is 11.1. The van der Waals surface area contributed by atoms with Gasteiger partial charge in [0.05, 0.1) is 24.9 Å². The molecule has 0 spiro atoms. The third-order valence-corrected chi connectivity index (χ3v) is 5.23. The number of ether oxygens (including phenoxy) is 1. The lowest BCUT2D eigenvalue weighted by Crippen LogP contribution is -2.23. The molecule has 5 rings (SSSR count). The number of esters is 1. The van der Waals surface area contributed by atoms with Gasteiger partial charge >= 0.3 is 11.7 Å². The first kappa shape index (κ1) is 21.1. The number of aromatic nitrogens is 6. The molecule has 0 radical (unpaired) electrons. The summed E-state index contributed by atoms with van der Waals surface area (Å²) in [5, 5.41) is 4.56. The van der Waals surface area contributed by atoms with Crippen molar-refractivity contribution in [1.29, 1.82) is 0 Å². The van der Waals surface area contributed by atoms with Gasteiger partial charge in [0.1, 0.15) is 17.7 Å². The van der Waals surface area contributed by atoms with Gasteiger partial charge in [0.2, 0.25) is 5.95 Å². The molecule has 0 aliphatic carbocycles. The molecule has 0 saturated heterocycles. The highest BCUT2D eigenvalue weighted by atomic mass is 16.5. The maximum Gasteiger partial charge on any atom is 0.356 e. The van der Waals surface area contributed by atoms with E-state index < -0.39 is 11.7 Å². The number of nitrogens with two attached hydrogens (primary N) is 1. The maximum absolute atomic E-state index is 13.2. The number of methoxy groups -OCH3 is 1. The van der Waals surface area contributed by atoms with Crippen LogP contribution in [0.2, 0.25) is 0 Å². The van der Waals surface area contributed by atoms with Crippen LogP contribution in [0.1, 0.15) is 21.9 Å². The van der Waals surface area contributed by atoms with Gasteiger partial charge in [0.25, 0.3) is 0 Å². The van der Waals surface area contributed by atoms with E-state index in [4.69, 9.17) is 14.9 Å². The van der Waals surface area contributed by atoms with E-state index in [0.717, 1.165) is 5.56 Å². The fourth-order valence-corrected chi connectivity index (χ4v) is 3.77. The molecule has 4 aromatic heterocycles.